The molecule has 1 amide bonds. The van der Waals surface area contributed by atoms with Crippen LogP contribution in [-0.2, 0) is 0 Å². The van der Waals surface area contributed by atoms with Gasteiger partial charge in [0.25, 0.3) is 0 Å². The van der Waals surface area contributed by atoms with Gasteiger partial charge in [-0.2, -0.15) is 0 Å². The highest BCUT2D eigenvalue weighted by Gasteiger charge is 2.50. The van der Waals surface area contributed by atoms with Crippen LogP contribution in [0.1, 0.15) is 19.3 Å². The number of nitrogens with zero attached hydrogens (tertiary/aromatic N) is 1. The number of nitrogens with one attached hydrogen (secondary N) is 1. The van der Waals surface area contributed by atoms with Gasteiger partial charge >= 0.3 is 6.09 Å². The van der Waals surface area contributed by atoms with Crippen molar-refractivity contribution in [1.29, 1.82) is 0 Å². The van der Waals surface area contributed by atoms with Crippen LogP contribution in [0.5, 0.6) is 0 Å². The predicted octanol–water partition coefficient (Wildman–Crippen LogP) is 0.738. The maximum atomic E-state index is 10.8. The molecule has 2 fully saturated rings. The van der Waals surface area contributed by atoms with Crippen molar-refractivity contribution in [3.05, 3.63) is 0 Å². The summed E-state index contributed by atoms with van der Waals surface area (Å²) < 4.78 is 0. The zero-order chi connectivity index (χ0) is 9.47. The molecular formula is C9H16N2O2. The SMILES string of the molecule is CNC1CN(C(=O)O)CC12CCC2. The average molecular weight is 184 g/mol. The van der Waals surface area contributed by atoms with Gasteiger partial charge in [0.1, 0.15) is 0 Å². The largest absolute Gasteiger partial charge is 0.465 e. The molecule has 0 aromatic rings. The van der Waals surface area contributed by atoms with Crippen LogP contribution in [0.2, 0.25) is 0 Å². The van der Waals surface area contributed by atoms with Crippen molar-refractivity contribution in [3.8, 4) is 0 Å². The molecule has 1 spiro atoms. The lowest BCUT2D eigenvalue weighted by atomic mass is 9.66. The van der Waals surface area contributed by atoms with E-state index in [4.69, 9.17) is 5.11 Å². The molecule has 0 radical (unpaired) electrons. The highest BCUT2D eigenvalue weighted by Crippen LogP contribution is 2.47. The van der Waals surface area contributed by atoms with E-state index < -0.39 is 6.09 Å². The first-order chi connectivity index (χ1) is 6.18. The van der Waals surface area contributed by atoms with Crippen molar-refractivity contribution < 1.29 is 9.90 Å². The number of hydrogen-bond donors (Lipinski definition) is 2. The van der Waals surface area contributed by atoms with E-state index >= 15 is 0 Å². The summed E-state index contributed by atoms with van der Waals surface area (Å²) in [6.07, 6.45) is 2.85. The fourth-order valence-electron chi connectivity index (χ4n) is 2.65. The standard InChI is InChI=1S/C9H16N2O2/c1-10-7-5-11(8(12)13)6-9(7)3-2-4-9/h7,10H,2-6H2,1H3,(H,12,13). The van der Waals surface area contributed by atoms with Gasteiger partial charge in [0, 0.05) is 24.5 Å². The summed E-state index contributed by atoms with van der Waals surface area (Å²) in [5, 5.41) is 12.1. The van der Waals surface area contributed by atoms with E-state index in [2.05, 4.69) is 5.32 Å². The molecular weight excluding hydrogens is 168 g/mol. The highest BCUT2D eigenvalue weighted by atomic mass is 16.4. The molecule has 0 aromatic heterocycles. The molecule has 0 bridgehead atoms. The first-order valence-electron chi connectivity index (χ1n) is 4.83. The van der Waals surface area contributed by atoms with Gasteiger partial charge < -0.3 is 15.3 Å². The summed E-state index contributed by atoms with van der Waals surface area (Å²) in [4.78, 5) is 12.3. The van der Waals surface area contributed by atoms with Crippen LogP contribution < -0.4 is 5.32 Å². The van der Waals surface area contributed by atoms with E-state index in [1.54, 1.807) is 4.90 Å². The van der Waals surface area contributed by atoms with Crippen molar-refractivity contribution in [3.63, 3.8) is 0 Å². The molecule has 1 saturated carbocycles. The number of carbonyl (C=O) groups is 1. The van der Waals surface area contributed by atoms with E-state index in [1.165, 1.54) is 19.3 Å². The van der Waals surface area contributed by atoms with Crippen molar-refractivity contribution in [2.75, 3.05) is 20.1 Å². The number of hydrogen-bond acceptors (Lipinski definition) is 2. The van der Waals surface area contributed by atoms with Crippen molar-refractivity contribution >= 4 is 6.09 Å². The first-order valence-corrected chi connectivity index (χ1v) is 4.83. The lowest BCUT2D eigenvalue weighted by Crippen LogP contribution is -2.47. The third kappa shape index (κ3) is 1.20. The van der Waals surface area contributed by atoms with Crippen molar-refractivity contribution in [1.82, 2.24) is 10.2 Å². The predicted molar refractivity (Wildman–Crippen MR) is 48.7 cm³/mol. The number of likely N-dealkylation sites (N-methyl/N-ethyl adjacent to an activating group) is 1. The van der Waals surface area contributed by atoms with Crippen LogP contribution in [-0.4, -0.2) is 42.3 Å². The molecule has 74 valence electrons. The van der Waals surface area contributed by atoms with Crippen LogP contribution in [0.4, 0.5) is 4.79 Å². The van der Waals surface area contributed by atoms with Gasteiger partial charge in [-0.05, 0) is 19.9 Å². The zero-order valence-corrected chi connectivity index (χ0v) is 7.92. The Hall–Kier alpha value is -0.770. The average Bonchev–Trinajstić information content (AvgIpc) is 2.42. The van der Waals surface area contributed by atoms with Crippen LogP contribution >= 0.6 is 0 Å². The van der Waals surface area contributed by atoms with Crippen molar-refractivity contribution in [2.24, 2.45) is 5.41 Å². The Labute approximate surface area is 77.9 Å². The molecule has 2 N–H and O–H groups in total. The topological polar surface area (TPSA) is 52.6 Å². The molecule has 2 aliphatic rings. The smallest absolute Gasteiger partial charge is 0.407 e. The summed E-state index contributed by atoms with van der Waals surface area (Å²) in [5.74, 6) is 0. The molecule has 2 rings (SSSR count). The molecule has 0 aromatic carbocycles. The molecule has 1 aliphatic heterocycles. The maximum Gasteiger partial charge on any atom is 0.407 e. The summed E-state index contributed by atoms with van der Waals surface area (Å²) in [6, 6.07) is 0.373. The Morgan fingerprint density at radius 3 is 2.62 bits per heavy atom. The van der Waals surface area contributed by atoms with Gasteiger partial charge in [-0.1, -0.05) is 6.42 Å². The number of likely N-dealkylation sites (tertiary alicyclic amines) is 1. The molecule has 1 atom stereocenters. The number of carboxylic acid groups (broad SMARTS) is 1. The van der Waals surface area contributed by atoms with Crippen LogP contribution in [0.15, 0.2) is 0 Å². The van der Waals surface area contributed by atoms with Crippen LogP contribution in [0.3, 0.4) is 0 Å². The van der Waals surface area contributed by atoms with E-state index in [9.17, 15) is 4.79 Å². The second-order valence-corrected chi connectivity index (χ2v) is 4.22. The lowest BCUT2D eigenvalue weighted by Gasteiger charge is -2.42. The van der Waals surface area contributed by atoms with E-state index in [1.807, 2.05) is 7.05 Å². The third-order valence-electron chi connectivity index (χ3n) is 3.62. The zero-order valence-electron chi connectivity index (χ0n) is 7.92. The van der Waals surface area contributed by atoms with E-state index in [-0.39, 0.29) is 5.41 Å². The summed E-state index contributed by atoms with van der Waals surface area (Å²) >= 11 is 0. The molecule has 1 aliphatic carbocycles. The Morgan fingerprint density at radius 2 is 2.31 bits per heavy atom. The van der Waals surface area contributed by atoms with Gasteiger partial charge in [-0.15, -0.1) is 0 Å². The minimum atomic E-state index is -0.774. The number of amides is 1. The van der Waals surface area contributed by atoms with E-state index in [0.717, 1.165) is 6.54 Å². The molecule has 4 heteroatoms. The minimum absolute atomic E-state index is 0.271. The maximum absolute atomic E-state index is 10.8. The molecule has 1 unspecified atom stereocenters. The Balaban J connectivity index is 2.08. The van der Waals surface area contributed by atoms with Gasteiger partial charge in [-0.3, -0.25) is 0 Å². The second kappa shape index (κ2) is 2.87. The van der Waals surface area contributed by atoms with E-state index in [0.29, 0.717) is 12.6 Å². The van der Waals surface area contributed by atoms with Crippen molar-refractivity contribution in [2.45, 2.75) is 25.3 Å². The Morgan fingerprint density at radius 1 is 1.62 bits per heavy atom. The van der Waals surface area contributed by atoms with Crippen LogP contribution in [0, 0.1) is 5.41 Å². The van der Waals surface area contributed by atoms with Gasteiger partial charge in [0.15, 0.2) is 0 Å². The third-order valence-corrected chi connectivity index (χ3v) is 3.62. The summed E-state index contributed by atoms with van der Waals surface area (Å²) in [7, 11) is 1.93. The lowest BCUT2D eigenvalue weighted by molar-refractivity contribution is 0.106. The molecule has 4 nitrogen and oxygen atoms in total. The Bertz CT molecular complexity index is 226. The van der Waals surface area contributed by atoms with Gasteiger partial charge in [0.2, 0.25) is 0 Å². The summed E-state index contributed by atoms with van der Waals surface area (Å²) in [6.45, 7) is 1.39. The second-order valence-electron chi connectivity index (χ2n) is 4.22. The molecule has 1 saturated heterocycles. The summed E-state index contributed by atoms with van der Waals surface area (Å²) in [5.41, 5.74) is 0.271. The monoisotopic (exact) mass is 184 g/mol. The molecule has 13 heavy (non-hydrogen) atoms. The minimum Gasteiger partial charge on any atom is -0.465 e. The molecule has 1 heterocycles. The fraction of sp³-hybridized carbons (Fsp3) is 0.889. The first kappa shape index (κ1) is 8.81. The quantitative estimate of drug-likeness (QED) is 0.632. The normalized spacial score (nSPS) is 30.5. The Kier molecular flexibility index (Phi) is 1.95. The fourth-order valence-corrected chi connectivity index (χ4v) is 2.65. The van der Waals surface area contributed by atoms with Crippen LogP contribution in [0.25, 0.3) is 0 Å². The van der Waals surface area contributed by atoms with Gasteiger partial charge in [-0.25, -0.2) is 4.79 Å². The van der Waals surface area contributed by atoms with Gasteiger partial charge in [0.05, 0.1) is 0 Å². The highest BCUT2D eigenvalue weighted by molar-refractivity contribution is 5.65. The number of rotatable bonds is 1.